The van der Waals surface area contributed by atoms with Crippen LogP contribution in [0.1, 0.15) is 59.6 Å². The monoisotopic (exact) mass is 671 g/mol. The number of carbonyl (C=O) groups excluding carboxylic acids is 1. The number of benzene rings is 3. The number of alkyl carbamates (subject to hydrolysis) is 1. The van der Waals surface area contributed by atoms with Gasteiger partial charge in [0.25, 0.3) is 5.56 Å². The number of carboxylic acids is 1. The minimum Gasteiger partial charge on any atom is -0.478 e. The Kier molecular flexibility index (Phi) is 10.7. The molecule has 0 unspecified atom stereocenters. The van der Waals surface area contributed by atoms with E-state index in [1.54, 1.807) is 88.4 Å². The number of ether oxygens (including phenoxy) is 1. The lowest BCUT2D eigenvalue weighted by molar-refractivity contribution is 0.0497. The van der Waals surface area contributed by atoms with Crippen LogP contribution in [0.2, 0.25) is 0 Å². The van der Waals surface area contributed by atoms with E-state index in [-0.39, 0.29) is 18.7 Å². The van der Waals surface area contributed by atoms with Gasteiger partial charge in [-0.3, -0.25) is 18.8 Å². The zero-order valence-corrected chi connectivity index (χ0v) is 28.2. The van der Waals surface area contributed by atoms with Gasteiger partial charge in [0.2, 0.25) is 0 Å². The second kappa shape index (κ2) is 14.9. The van der Waals surface area contributed by atoms with E-state index in [2.05, 4.69) is 10.2 Å². The number of anilines is 1. The quantitative estimate of drug-likeness (QED) is 0.247. The number of aromatic nitrogens is 2. The van der Waals surface area contributed by atoms with Gasteiger partial charge < -0.3 is 20.1 Å². The fourth-order valence-corrected chi connectivity index (χ4v) is 6.04. The standard InChI is InChI=1S/C37H42FN5O6/c1-25-32(41-19-17-40(18-20-41)22-26-11-10-15-28(21-26)34(45)46)33(44)43(36(48)42(25)23-29-14-8-9-16-30(29)38)24-31(27-12-6-5-7-13-27)39-35(47)49-37(2,3)4/h5-16,21,31H,17-20,22-24H2,1-4H3,(H,39,47)(H,45,46)/t31-/m0/s1. The number of carbonyl (C=O) groups is 2. The molecule has 0 spiro atoms. The number of carboxylic acid groups (broad SMARTS) is 1. The van der Waals surface area contributed by atoms with Crippen LogP contribution >= 0.6 is 0 Å². The summed E-state index contributed by atoms with van der Waals surface area (Å²) in [7, 11) is 0. The Balaban J connectivity index is 1.50. The van der Waals surface area contributed by atoms with E-state index in [0.29, 0.717) is 55.2 Å². The van der Waals surface area contributed by atoms with Crippen molar-refractivity contribution < 1.29 is 23.8 Å². The second-order valence-electron chi connectivity index (χ2n) is 13.2. The summed E-state index contributed by atoms with van der Waals surface area (Å²) in [5, 5.41) is 12.2. The lowest BCUT2D eigenvalue weighted by atomic mass is 10.1. The third kappa shape index (κ3) is 8.63. The van der Waals surface area contributed by atoms with Gasteiger partial charge >= 0.3 is 17.8 Å². The highest BCUT2D eigenvalue weighted by Crippen LogP contribution is 2.21. The van der Waals surface area contributed by atoms with Gasteiger partial charge in [-0.2, -0.15) is 0 Å². The van der Waals surface area contributed by atoms with Crippen molar-refractivity contribution in [1.82, 2.24) is 19.4 Å². The molecule has 12 heteroatoms. The van der Waals surface area contributed by atoms with Crippen molar-refractivity contribution in [3.05, 3.63) is 133 Å². The Bertz CT molecular complexity index is 1930. The first kappa shape index (κ1) is 35.1. The summed E-state index contributed by atoms with van der Waals surface area (Å²) in [5.41, 5.74) is 0.884. The van der Waals surface area contributed by atoms with Crippen LogP contribution in [0.5, 0.6) is 0 Å². The summed E-state index contributed by atoms with van der Waals surface area (Å²) < 4.78 is 22.9. The molecule has 0 aliphatic carbocycles. The molecular formula is C37H42FN5O6. The Hall–Kier alpha value is -5.23. The minimum absolute atomic E-state index is 0.0972. The van der Waals surface area contributed by atoms with Gasteiger partial charge in [0.1, 0.15) is 17.1 Å². The molecule has 11 nitrogen and oxygen atoms in total. The maximum absolute atomic E-state index is 14.9. The van der Waals surface area contributed by atoms with E-state index in [9.17, 15) is 28.7 Å². The van der Waals surface area contributed by atoms with Crippen LogP contribution in [0.4, 0.5) is 14.9 Å². The van der Waals surface area contributed by atoms with Crippen LogP contribution in [0.3, 0.4) is 0 Å². The molecule has 5 rings (SSSR count). The number of hydrogen-bond acceptors (Lipinski definition) is 7. The average molecular weight is 672 g/mol. The zero-order chi connectivity index (χ0) is 35.3. The first-order valence-corrected chi connectivity index (χ1v) is 16.2. The topological polar surface area (TPSA) is 126 Å². The maximum atomic E-state index is 14.9. The van der Waals surface area contributed by atoms with Crippen LogP contribution in [-0.4, -0.2) is 63.0 Å². The highest BCUT2D eigenvalue weighted by molar-refractivity contribution is 5.87. The van der Waals surface area contributed by atoms with Crippen molar-refractivity contribution in [1.29, 1.82) is 0 Å². The largest absolute Gasteiger partial charge is 0.478 e. The van der Waals surface area contributed by atoms with Gasteiger partial charge in [-0.15, -0.1) is 0 Å². The van der Waals surface area contributed by atoms with Gasteiger partial charge in [-0.1, -0.05) is 60.7 Å². The number of hydrogen-bond donors (Lipinski definition) is 2. The lowest BCUT2D eigenvalue weighted by Gasteiger charge is -2.37. The van der Waals surface area contributed by atoms with Crippen LogP contribution in [0.15, 0.2) is 88.5 Å². The molecule has 3 aromatic carbocycles. The number of halogens is 1. The molecule has 0 bridgehead atoms. The molecule has 2 N–H and O–H groups in total. The van der Waals surface area contributed by atoms with Crippen LogP contribution < -0.4 is 21.5 Å². The first-order valence-electron chi connectivity index (χ1n) is 16.2. The molecule has 258 valence electrons. The fourth-order valence-electron chi connectivity index (χ4n) is 6.04. The summed E-state index contributed by atoms with van der Waals surface area (Å²) in [6, 6.07) is 21.2. The molecule has 1 aliphatic heterocycles. The van der Waals surface area contributed by atoms with Crippen LogP contribution in [-0.2, 0) is 24.4 Å². The Morgan fingerprint density at radius 2 is 1.57 bits per heavy atom. The van der Waals surface area contributed by atoms with E-state index in [1.807, 2.05) is 17.0 Å². The van der Waals surface area contributed by atoms with Crippen molar-refractivity contribution >= 4 is 17.7 Å². The lowest BCUT2D eigenvalue weighted by Crippen LogP contribution is -2.51. The highest BCUT2D eigenvalue weighted by atomic mass is 19.1. The summed E-state index contributed by atoms with van der Waals surface area (Å²) in [6.45, 7) is 9.27. The molecule has 1 aliphatic rings. The van der Waals surface area contributed by atoms with Gasteiger partial charge in [-0.05, 0) is 57.0 Å². The van der Waals surface area contributed by atoms with Crippen molar-refractivity contribution in [2.45, 2.75) is 59.0 Å². The van der Waals surface area contributed by atoms with Crippen molar-refractivity contribution in [2.24, 2.45) is 0 Å². The highest BCUT2D eigenvalue weighted by Gasteiger charge is 2.28. The third-order valence-electron chi connectivity index (χ3n) is 8.47. The number of aromatic carboxylic acids is 1. The van der Waals surface area contributed by atoms with Crippen LogP contribution in [0.25, 0.3) is 0 Å². The van der Waals surface area contributed by atoms with E-state index >= 15 is 0 Å². The van der Waals surface area contributed by atoms with Gasteiger partial charge in [-0.25, -0.2) is 18.8 Å². The van der Waals surface area contributed by atoms with Gasteiger partial charge in [0, 0.05) is 44.0 Å². The minimum atomic E-state index is -0.986. The van der Waals surface area contributed by atoms with Gasteiger partial charge in [0.05, 0.1) is 24.7 Å². The van der Waals surface area contributed by atoms with E-state index < -0.39 is 40.8 Å². The molecule has 1 fully saturated rings. The normalized spacial score (nSPS) is 14.3. The summed E-state index contributed by atoms with van der Waals surface area (Å²) >= 11 is 0. The Labute approximate surface area is 284 Å². The smallest absolute Gasteiger partial charge is 0.408 e. The summed E-state index contributed by atoms with van der Waals surface area (Å²) in [6.07, 6.45) is -0.696. The molecule has 4 aromatic rings. The molecule has 49 heavy (non-hydrogen) atoms. The Morgan fingerprint density at radius 3 is 2.22 bits per heavy atom. The number of piperazine rings is 1. The fraction of sp³-hybridized carbons (Fsp3) is 0.351. The molecule has 1 amide bonds. The predicted octanol–water partition coefficient (Wildman–Crippen LogP) is 4.79. The van der Waals surface area contributed by atoms with Crippen molar-refractivity contribution in [3.63, 3.8) is 0 Å². The molecule has 2 heterocycles. The van der Waals surface area contributed by atoms with E-state index in [0.717, 1.165) is 10.1 Å². The molecule has 1 aromatic heterocycles. The van der Waals surface area contributed by atoms with Crippen molar-refractivity contribution in [2.75, 3.05) is 31.1 Å². The number of rotatable bonds is 10. The second-order valence-corrected chi connectivity index (χ2v) is 13.2. The predicted molar refractivity (Wildman–Crippen MR) is 185 cm³/mol. The molecule has 0 radical (unpaired) electrons. The molecule has 0 saturated carbocycles. The number of nitrogens with zero attached hydrogens (tertiary/aromatic N) is 4. The van der Waals surface area contributed by atoms with Crippen LogP contribution in [0, 0.1) is 12.7 Å². The third-order valence-corrected chi connectivity index (χ3v) is 8.47. The average Bonchev–Trinajstić information content (AvgIpc) is 3.06. The van der Waals surface area contributed by atoms with E-state index in [1.165, 1.54) is 10.6 Å². The summed E-state index contributed by atoms with van der Waals surface area (Å²) in [5.74, 6) is -1.46. The number of nitrogens with one attached hydrogen (secondary N) is 1. The molecular weight excluding hydrogens is 629 g/mol. The summed E-state index contributed by atoms with van der Waals surface area (Å²) in [4.78, 5) is 57.0. The molecule has 1 saturated heterocycles. The zero-order valence-electron chi connectivity index (χ0n) is 28.2. The Morgan fingerprint density at radius 1 is 0.898 bits per heavy atom. The van der Waals surface area contributed by atoms with E-state index in [4.69, 9.17) is 4.74 Å². The molecule has 1 atom stereocenters. The first-order chi connectivity index (χ1) is 23.3. The van der Waals surface area contributed by atoms with Gasteiger partial charge in [0.15, 0.2) is 0 Å². The number of amides is 1. The maximum Gasteiger partial charge on any atom is 0.408 e. The SMILES string of the molecule is Cc1c(N2CCN(Cc3cccc(C(=O)O)c3)CC2)c(=O)n(C[C@H](NC(=O)OC(C)(C)C)c2ccccc2)c(=O)n1Cc1ccccc1F. The van der Waals surface area contributed by atoms with Crippen molar-refractivity contribution in [3.8, 4) is 0 Å².